The van der Waals surface area contributed by atoms with Gasteiger partial charge in [-0.15, -0.1) is 0 Å². The number of aliphatic imine (C=N–C) groups is 1. The van der Waals surface area contributed by atoms with Gasteiger partial charge in [-0.3, -0.25) is 4.79 Å². The van der Waals surface area contributed by atoms with Crippen molar-refractivity contribution in [2.24, 2.45) is 22.4 Å². The number of rotatable bonds is 7. The first-order valence-corrected chi connectivity index (χ1v) is 10.4. The quantitative estimate of drug-likeness (QED) is 0.280. The van der Waals surface area contributed by atoms with Crippen LogP contribution in [0.25, 0.3) is 0 Å². The summed E-state index contributed by atoms with van der Waals surface area (Å²) in [4.78, 5) is 16.5. The predicted octanol–water partition coefficient (Wildman–Crippen LogP) is 3.85. The number of amides is 1. The summed E-state index contributed by atoms with van der Waals surface area (Å²) in [6.45, 7) is 5.83. The Morgan fingerprint density at radius 3 is 2.22 bits per heavy atom. The molecule has 0 aliphatic carbocycles. The molecular formula is C22H27ClF3N5O. The van der Waals surface area contributed by atoms with Crippen molar-refractivity contribution in [2.45, 2.75) is 45.4 Å². The van der Waals surface area contributed by atoms with Gasteiger partial charge < -0.3 is 22.1 Å². The van der Waals surface area contributed by atoms with Crippen molar-refractivity contribution in [3.8, 4) is 0 Å². The highest BCUT2D eigenvalue weighted by molar-refractivity contribution is 6.30. The van der Waals surface area contributed by atoms with Crippen molar-refractivity contribution in [1.82, 2.24) is 10.6 Å². The van der Waals surface area contributed by atoms with E-state index >= 15 is 0 Å². The molecule has 2 aromatic rings. The second kappa shape index (κ2) is 11.3. The summed E-state index contributed by atoms with van der Waals surface area (Å²) in [7, 11) is 0. The van der Waals surface area contributed by atoms with E-state index in [1.807, 2.05) is 20.8 Å². The number of hydrogen-bond donors (Lipinski definition) is 4. The zero-order valence-corrected chi connectivity index (χ0v) is 18.8. The molecule has 0 bridgehead atoms. The predicted molar refractivity (Wildman–Crippen MR) is 120 cm³/mol. The third kappa shape index (κ3) is 7.51. The third-order valence-electron chi connectivity index (χ3n) is 4.89. The Morgan fingerprint density at radius 1 is 1.03 bits per heavy atom. The maximum atomic E-state index is 13.7. The average molecular weight is 470 g/mol. The second-order valence-electron chi connectivity index (χ2n) is 7.87. The number of guanidine groups is 1. The number of carbonyl (C=O) groups is 1. The van der Waals surface area contributed by atoms with E-state index in [0.29, 0.717) is 0 Å². The largest absolute Gasteiger partial charge is 0.353 e. The Kier molecular flexibility index (Phi) is 9.06. The molecule has 2 rings (SSSR count). The van der Waals surface area contributed by atoms with Gasteiger partial charge in [-0.2, -0.15) is 4.99 Å². The number of hydrogen-bond acceptors (Lipinski definition) is 3. The third-order valence-corrected chi connectivity index (χ3v) is 5.19. The molecule has 3 atom stereocenters. The van der Waals surface area contributed by atoms with Crippen LogP contribution in [0.3, 0.4) is 0 Å². The van der Waals surface area contributed by atoms with E-state index in [4.69, 9.17) is 23.1 Å². The van der Waals surface area contributed by atoms with Crippen molar-refractivity contribution in [3.63, 3.8) is 0 Å². The lowest BCUT2D eigenvalue weighted by Crippen LogP contribution is -2.52. The molecule has 6 nitrogen and oxygen atoms in total. The first-order valence-electron chi connectivity index (χ1n) is 10.0. The fourth-order valence-corrected chi connectivity index (χ4v) is 2.83. The zero-order chi connectivity index (χ0) is 24.0. The highest BCUT2D eigenvalue weighted by Gasteiger charge is 2.18. The second-order valence-corrected chi connectivity index (χ2v) is 8.27. The van der Waals surface area contributed by atoms with Crippen LogP contribution in [-0.2, 0) is 0 Å². The Balaban J connectivity index is 2.18. The van der Waals surface area contributed by atoms with Gasteiger partial charge >= 0.3 is 0 Å². The summed E-state index contributed by atoms with van der Waals surface area (Å²) >= 11 is 5.66. The van der Waals surface area contributed by atoms with Crippen LogP contribution < -0.4 is 22.1 Å². The van der Waals surface area contributed by atoms with E-state index in [1.54, 1.807) is 0 Å². The van der Waals surface area contributed by atoms with Gasteiger partial charge in [0.15, 0.2) is 0 Å². The number of nitrogens with two attached hydrogens (primary N) is 2. The molecule has 32 heavy (non-hydrogen) atoms. The zero-order valence-electron chi connectivity index (χ0n) is 18.0. The molecule has 1 amide bonds. The van der Waals surface area contributed by atoms with Gasteiger partial charge in [0, 0.05) is 23.7 Å². The molecule has 174 valence electrons. The normalized spacial score (nSPS) is 14.8. The molecule has 0 radical (unpaired) electrons. The minimum atomic E-state index is -0.809. The van der Waals surface area contributed by atoms with E-state index in [1.165, 1.54) is 12.1 Å². The molecule has 0 saturated carbocycles. The molecule has 10 heteroatoms. The van der Waals surface area contributed by atoms with Crippen LogP contribution in [0.2, 0.25) is 5.02 Å². The standard InChI is InChI=1S/C22H27ClF3N5O/c1-11(2)12(3)29-22(31-21(32)13-4-5-17(23)18(26)8-13)30-20(28)10-19(27)14-6-15(24)9-16(25)7-14/h4-9,11-12,19-20H,10,27-28H2,1-3H3,(H2,29,30,31,32). The summed E-state index contributed by atoms with van der Waals surface area (Å²) < 4.78 is 40.7. The van der Waals surface area contributed by atoms with E-state index in [2.05, 4.69) is 15.6 Å². The molecule has 2 aromatic carbocycles. The Hall–Kier alpha value is -2.62. The Bertz CT molecular complexity index is 966. The smallest absolute Gasteiger partial charge is 0.280 e. The molecule has 0 aromatic heterocycles. The van der Waals surface area contributed by atoms with E-state index in [-0.39, 0.29) is 40.5 Å². The van der Waals surface area contributed by atoms with Gasteiger partial charge in [-0.1, -0.05) is 25.4 Å². The van der Waals surface area contributed by atoms with Gasteiger partial charge in [0.25, 0.3) is 5.91 Å². The Labute approximate surface area is 190 Å². The van der Waals surface area contributed by atoms with Crippen LogP contribution in [-0.4, -0.2) is 24.1 Å². The minimum Gasteiger partial charge on any atom is -0.353 e. The number of benzene rings is 2. The Morgan fingerprint density at radius 2 is 1.66 bits per heavy atom. The molecule has 0 aliphatic heterocycles. The molecule has 0 aliphatic rings. The fourth-order valence-electron chi connectivity index (χ4n) is 2.72. The van der Waals surface area contributed by atoms with Crippen molar-refractivity contribution in [2.75, 3.05) is 0 Å². The summed E-state index contributed by atoms with van der Waals surface area (Å²) in [6.07, 6.45) is -0.722. The van der Waals surface area contributed by atoms with Crippen molar-refractivity contribution in [1.29, 1.82) is 0 Å². The van der Waals surface area contributed by atoms with E-state index < -0.39 is 35.6 Å². The lowest BCUT2D eigenvalue weighted by molar-refractivity contribution is 0.100. The fraction of sp³-hybridized carbons (Fsp3) is 0.364. The summed E-state index contributed by atoms with van der Waals surface area (Å²) in [5.41, 5.74) is 12.4. The van der Waals surface area contributed by atoms with Crippen molar-refractivity contribution in [3.05, 3.63) is 70.0 Å². The van der Waals surface area contributed by atoms with E-state index in [9.17, 15) is 18.0 Å². The lowest BCUT2D eigenvalue weighted by atomic mass is 10.0. The maximum absolute atomic E-state index is 13.7. The monoisotopic (exact) mass is 469 g/mol. The van der Waals surface area contributed by atoms with Gasteiger partial charge in [-0.05, 0) is 55.2 Å². The van der Waals surface area contributed by atoms with Crippen LogP contribution in [0.1, 0.15) is 49.2 Å². The average Bonchev–Trinajstić information content (AvgIpc) is 2.68. The number of halogens is 4. The number of carbonyl (C=O) groups excluding carboxylic acids is 1. The summed E-state index contributed by atoms with van der Waals surface area (Å²) in [5, 5.41) is 5.82. The first kappa shape index (κ1) is 25.6. The highest BCUT2D eigenvalue weighted by Crippen LogP contribution is 2.18. The van der Waals surface area contributed by atoms with Crippen LogP contribution in [0.5, 0.6) is 0 Å². The van der Waals surface area contributed by atoms with Crippen LogP contribution in [0.15, 0.2) is 41.4 Å². The van der Waals surface area contributed by atoms with Crippen molar-refractivity contribution >= 4 is 23.5 Å². The number of nitrogens with zero attached hydrogens (tertiary/aromatic N) is 1. The van der Waals surface area contributed by atoms with Gasteiger partial charge in [-0.25, -0.2) is 13.2 Å². The first-order chi connectivity index (χ1) is 15.0. The molecule has 0 heterocycles. The molecule has 0 saturated heterocycles. The van der Waals surface area contributed by atoms with Gasteiger partial charge in [0.05, 0.1) is 11.2 Å². The summed E-state index contributed by atoms with van der Waals surface area (Å²) in [6, 6.07) is 5.77. The van der Waals surface area contributed by atoms with Gasteiger partial charge in [0.2, 0.25) is 5.96 Å². The maximum Gasteiger partial charge on any atom is 0.280 e. The molecule has 0 fully saturated rings. The van der Waals surface area contributed by atoms with E-state index in [0.717, 1.165) is 24.3 Å². The SMILES string of the molecule is CC(C)C(C)N/C(=N/C(=O)c1ccc(Cl)c(F)c1)NC(N)CC(N)c1cc(F)cc(F)c1. The van der Waals surface area contributed by atoms with Gasteiger partial charge in [0.1, 0.15) is 17.5 Å². The molecule has 6 N–H and O–H groups in total. The van der Waals surface area contributed by atoms with Crippen LogP contribution in [0.4, 0.5) is 13.2 Å². The van der Waals surface area contributed by atoms with Crippen LogP contribution in [0, 0.1) is 23.4 Å². The number of nitrogens with one attached hydrogen (secondary N) is 2. The minimum absolute atomic E-state index is 0.00529. The lowest BCUT2D eigenvalue weighted by Gasteiger charge is -2.25. The summed E-state index contributed by atoms with van der Waals surface area (Å²) in [5.74, 6) is -2.68. The topological polar surface area (TPSA) is 106 Å². The molecular weight excluding hydrogens is 443 g/mol. The molecule has 0 spiro atoms. The highest BCUT2D eigenvalue weighted by atomic mass is 35.5. The van der Waals surface area contributed by atoms with Crippen molar-refractivity contribution < 1.29 is 18.0 Å². The molecule has 3 unspecified atom stereocenters. The van der Waals surface area contributed by atoms with Crippen LogP contribution >= 0.6 is 11.6 Å².